The summed E-state index contributed by atoms with van der Waals surface area (Å²) in [6.45, 7) is 0. The SMILES string of the molecule is COc1cc(C(=O)C2CCCC2)cc(Cl)c1OC. The van der Waals surface area contributed by atoms with E-state index in [2.05, 4.69) is 0 Å². The molecule has 0 bridgehead atoms. The fourth-order valence-corrected chi connectivity index (χ4v) is 2.77. The predicted molar refractivity (Wildman–Crippen MR) is 70.8 cm³/mol. The molecule has 2 rings (SSSR count). The summed E-state index contributed by atoms with van der Waals surface area (Å²) < 4.78 is 10.4. The predicted octanol–water partition coefficient (Wildman–Crippen LogP) is 3.73. The molecule has 1 aliphatic rings. The first kappa shape index (κ1) is 13.2. The Morgan fingerprint density at radius 3 is 2.44 bits per heavy atom. The molecule has 3 nitrogen and oxygen atoms in total. The highest BCUT2D eigenvalue weighted by Crippen LogP contribution is 2.37. The van der Waals surface area contributed by atoms with Crippen molar-refractivity contribution in [3.05, 3.63) is 22.7 Å². The summed E-state index contributed by atoms with van der Waals surface area (Å²) in [7, 11) is 3.07. The molecule has 0 heterocycles. The van der Waals surface area contributed by atoms with Gasteiger partial charge in [0.05, 0.1) is 19.2 Å². The minimum Gasteiger partial charge on any atom is -0.493 e. The van der Waals surface area contributed by atoms with Crippen LogP contribution in [0.25, 0.3) is 0 Å². The first-order chi connectivity index (χ1) is 8.67. The van der Waals surface area contributed by atoms with Gasteiger partial charge < -0.3 is 9.47 Å². The minimum atomic E-state index is 0.138. The number of hydrogen-bond acceptors (Lipinski definition) is 3. The van der Waals surface area contributed by atoms with Gasteiger partial charge >= 0.3 is 0 Å². The lowest BCUT2D eigenvalue weighted by molar-refractivity contribution is 0.0922. The van der Waals surface area contributed by atoms with Gasteiger partial charge in [-0.2, -0.15) is 0 Å². The van der Waals surface area contributed by atoms with Crippen molar-refractivity contribution in [2.24, 2.45) is 5.92 Å². The maximum atomic E-state index is 12.3. The van der Waals surface area contributed by atoms with E-state index in [9.17, 15) is 4.79 Å². The van der Waals surface area contributed by atoms with Crippen molar-refractivity contribution >= 4 is 17.4 Å². The molecule has 0 saturated heterocycles. The Morgan fingerprint density at radius 2 is 1.89 bits per heavy atom. The molecule has 1 aromatic carbocycles. The van der Waals surface area contributed by atoms with Crippen molar-refractivity contribution in [3.63, 3.8) is 0 Å². The fourth-order valence-electron chi connectivity index (χ4n) is 2.48. The lowest BCUT2D eigenvalue weighted by Gasteiger charge is -2.13. The zero-order valence-electron chi connectivity index (χ0n) is 10.7. The van der Waals surface area contributed by atoms with E-state index in [1.54, 1.807) is 12.1 Å². The summed E-state index contributed by atoms with van der Waals surface area (Å²) >= 11 is 6.11. The number of hydrogen-bond donors (Lipinski definition) is 0. The van der Waals surface area contributed by atoms with E-state index in [0.29, 0.717) is 22.1 Å². The van der Waals surface area contributed by atoms with Gasteiger partial charge in [0, 0.05) is 11.5 Å². The molecular weight excluding hydrogens is 252 g/mol. The molecule has 0 N–H and O–H groups in total. The fraction of sp³-hybridized carbons (Fsp3) is 0.500. The van der Waals surface area contributed by atoms with Gasteiger partial charge in [0.15, 0.2) is 17.3 Å². The van der Waals surface area contributed by atoms with E-state index in [0.717, 1.165) is 25.7 Å². The molecule has 0 aliphatic heterocycles. The van der Waals surface area contributed by atoms with E-state index in [-0.39, 0.29) is 11.7 Å². The third-order valence-electron chi connectivity index (χ3n) is 3.44. The topological polar surface area (TPSA) is 35.5 Å². The molecule has 4 heteroatoms. The van der Waals surface area contributed by atoms with E-state index in [1.165, 1.54) is 14.2 Å². The highest BCUT2D eigenvalue weighted by molar-refractivity contribution is 6.32. The van der Waals surface area contributed by atoms with Crippen LogP contribution < -0.4 is 9.47 Å². The minimum absolute atomic E-state index is 0.138. The molecule has 1 aliphatic carbocycles. The number of rotatable bonds is 4. The van der Waals surface area contributed by atoms with E-state index in [1.807, 2.05) is 0 Å². The number of carbonyl (C=O) groups excluding carboxylic acids is 1. The van der Waals surface area contributed by atoms with Crippen molar-refractivity contribution in [1.82, 2.24) is 0 Å². The molecule has 0 unspecified atom stereocenters. The van der Waals surface area contributed by atoms with Crippen LogP contribution in [0.5, 0.6) is 11.5 Å². The smallest absolute Gasteiger partial charge is 0.179 e. The number of benzene rings is 1. The van der Waals surface area contributed by atoms with Gasteiger partial charge in [0.1, 0.15) is 0 Å². The zero-order chi connectivity index (χ0) is 13.1. The highest BCUT2D eigenvalue weighted by Gasteiger charge is 2.25. The van der Waals surface area contributed by atoms with Crippen LogP contribution in [0.15, 0.2) is 12.1 Å². The Bertz CT molecular complexity index is 451. The highest BCUT2D eigenvalue weighted by atomic mass is 35.5. The van der Waals surface area contributed by atoms with Gasteiger partial charge in [0.2, 0.25) is 0 Å². The number of Topliss-reactive ketones (excluding diaryl/α,β-unsaturated/α-hetero) is 1. The third kappa shape index (κ3) is 2.46. The Morgan fingerprint density at radius 1 is 1.22 bits per heavy atom. The number of carbonyl (C=O) groups is 1. The van der Waals surface area contributed by atoms with Gasteiger partial charge in [-0.1, -0.05) is 24.4 Å². The summed E-state index contributed by atoms with van der Waals surface area (Å²) in [6, 6.07) is 3.38. The summed E-state index contributed by atoms with van der Waals surface area (Å²) in [5.74, 6) is 1.28. The molecule has 0 radical (unpaired) electrons. The number of ether oxygens (including phenoxy) is 2. The molecule has 0 aromatic heterocycles. The second-order valence-corrected chi connectivity index (χ2v) is 4.95. The third-order valence-corrected chi connectivity index (χ3v) is 3.72. The number of ketones is 1. The Labute approximate surface area is 112 Å². The van der Waals surface area contributed by atoms with Crippen LogP contribution in [-0.2, 0) is 0 Å². The van der Waals surface area contributed by atoms with Crippen molar-refractivity contribution in [1.29, 1.82) is 0 Å². The van der Waals surface area contributed by atoms with Crippen LogP contribution >= 0.6 is 11.6 Å². The van der Waals surface area contributed by atoms with Crippen LogP contribution in [-0.4, -0.2) is 20.0 Å². The lowest BCUT2D eigenvalue weighted by Crippen LogP contribution is -2.11. The largest absolute Gasteiger partial charge is 0.493 e. The van der Waals surface area contributed by atoms with Crippen LogP contribution in [0.2, 0.25) is 5.02 Å². The van der Waals surface area contributed by atoms with Gasteiger partial charge in [-0.15, -0.1) is 0 Å². The molecule has 0 spiro atoms. The van der Waals surface area contributed by atoms with Crippen molar-refractivity contribution < 1.29 is 14.3 Å². The zero-order valence-corrected chi connectivity index (χ0v) is 11.4. The Kier molecular flexibility index (Phi) is 4.12. The first-order valence-corrected chi connectivity index (χ1v) is 6.51. The Hall–Kier alpha value is -1.22. The molecular formula is C14H17ClO3. The van der Waals surface area contributed by atoms with Crippen molar-refractivity contribution in [2.45, 2.75) is 25.7 Å². The van der Waals surface area contributed by atoms with Crippen LogP contribution in [0.1, 0.15) is 36.0 Å². The Balaban J connectivity index is 2.33. The molecule has 98 valence electrons. The van der Waals surface area contributed by atoms with Gasteiger partial charge in [0.25, 0.3) is 0 Å². The van der Waals surface area contributed by atoms with Gasteiger partial charge in [-0.3, -0.25) is 4.79 Å². The van der Waals surface area contributed by atoms with Gasteiger partial charge in [-0.25, -0.2) is 0 Å². The van der Waals surface area contributed by atoms with Gasteiger partial charge in [-0.05, 0) is 25.0 Å². The summed E-state index contributed by atoms with van der Waals surface area (Å²) in [6.07, 6.45) is 4.23. The molecule has 0 amide bonds. The maximum Gasteiger partial charge on any atom is 0.179 e. The number of halogens is 1. The number of methoxy groups -OCH3 is 2. The summed E-state index contributed by atoms with van der Waals surface area (Å²) in [5.41, 5.74) is 0.615. The van der Waals surface area contributed by atoms with E-state index >= 15 is 0 Å². The lowest BCUT2D eigenvalue weighted by atomic mass is 9.96. The average Bonchev–Trinajstić information content (AvgIpc) is 2.90. The van der Waals surface area contributed by atoms with Crippen LogP contribution in [0.3, 0.4) is 0 Å². The second-order valence-electron chi connectivity index (χ2n) is 4.54. The molecule has 1 fully saturated rings. The molecule has 18 heavy (non-hydrogen) atoms. The van der Waals surface area contributed by atoms with Crippen LogP contribution in [0.4, 0.5) is 0 Å². The van der Waals surface area contributed by atoms with Crippen molar-refractivity contribution in [3.8, 4) is 11.5 Å². The second kappa shape index (κ2) is 5.61. The summed E-state index contributed by atoms with van der Waals surface area (Å²) in [4.78, 5) is 12.3. The monoisotopic (exact) mass is 268 g/mol. The summed E-state index contributed by atoms with van der Waals surface area (Å²) in [5, 5.41) is 0.415. The molecule has 1 aromatic rings. The van der Waals surface area contributed by atoms with Crippen molar-refractivity contribution in [2.75, 3.05) is 14.2 Å². The molecule has 0 atom stereocenters. The standard InChI is InChI=1S/C14H17ClO3/c1-17-12-8-10(7-11(15)14(12)18-2)13(16)9-5-3-4-6-9/h7-9H,3-6H2,1-2H3. The molecule has 1 saturated carbocycles. The quantitative estimate of drug-likeness (QED) is 0.781. The first-order valence-electron chi connectivity index (χ1n) is 6.13. The van der Waals surface area contributed by atoms with E-state index in [4.69, 9.17) is 21.1 Å². The van der Waals surface area contributed by atoms with Crippen LogP contribution in [0, 0.1) is 5.92 Å². The van der Waals surface area contributed by atoms with E-state index < -0.39 is 0 Å². The normalized spacial score (nSPS) is 15.7. The maximum absolute atomic E-state index is 12.3. The average molecular weight is 269 g/mol.